The van der Waals surface area contributed by atoms with E-state index in [2.05, 4.69) is 0 Å². The molecule has 0 amide bonds. The molecule has 0 spiro atoms. The SMILES string of the molecule is CC1=C(c2cccc(C(=O)OC(C)(C)C)c2)[NH+]([O-])CC=C1. The van der Waals surface area contributed by atoms with Crippen molar-refractivity contribution in [1.29, 1.82) is 0 Å². The Balaban J connectivity index is 2.34. The van der Waals surface area contributed by atoms with Crippen molar-refractivity contribution in [2.24, 2.45) is 0 Å². The van der Waals surface area contributed by atoms with Crippen molar-refractivity contribution in [1.82, 2.24) is 0 Å². The molecule has 0 saturated carbocycles. The van der Waals surface area contributed by atoms with E-state index in [1.54, 1.807) is 18.2 Å². The van der Waals surface area contributed by atoms with Crippen LogP contribution in [0, 0.1) is 5.21 Å². The number of quaternary nitrogens is 1. The number of benzene rings is 1. The minimum absolute atomic E-state index is 0.0799. The fraction of sp³-hybridized carbons (Fsp3) is 0.353. The summed E-state index contributed by atoms with van der Waals surface area (Å²) in [5, 5.41) is 12.2. The number of hydrogen-bond acceptors (Lipinski definition) is 3. The second-order valence-electron chi connectivity index (χ2n) is 6.17. The molecular weight excluding hydrogens is 266 g/mol. The summed E-state index contributed by atoms with van der Waals surface area (Å²) in [4.78, 5) is 12.1. The van der Waals surface area contributed by atoms with Crippen LogP contribution in [0.1, 0.15) is 43.6 Å². The lowest BCUT2D eigenvalue weighted by Crippen LogP contribution is -3.04. The molecule has 4 nitrogen and oxygen atoms in total. The van der Waals surface area contributed by atoms with E-state index >= 15 is 0 Å². The maximum absolute atomic E-state index is 12.1. The van der Waals surface area contributed by atoms with Gasteiger partial charge in [-0.15, -0.1) is 0 Å². The molecule has 1 heterocycles. The summed E-state index contributed by atoms with van der Waals surface area (Å²) >= 11 is 0. The molecule has 1 aromatic carbocycles. The van der Waals surface area contributed by atoms with E-state index in [4.69, 9.17) is 4.74 Å². The third kappa shape index (κ3) is 3.80. The predicted molar refractivity (Wildman–Crippen MR) is 82.5 cm³/mol. The normalized spacial score (nSPS) is 18.8. The lowest BCUT2D eigenvalue weighted by atomic mass is 10.0. The number of carbonyl (C=O) groups excluding carboxylic acids is 1. The van der Waals surface area contributed by atoms with Gasteiger partial charge in [0.1, 0.15) is 17.8 Å². The fourth-order valence-electron chi connectivity index (χ4n) is 2.28. The third-order valence-electron chi connectivity index (χ3n) is 3.13. The lowest BCUT2D eigenvalue weighted by Gasteiger charge is -2.27. The van der Waals surface area contributed by atoms with Crippen molar-refractivity contribution in [2.45, 2.75) is 33.3 Å². The summed E-state index contributed by atoms with van der Waals surface area (Å²) in [5.74, 6) is -0.374. The van der Waals surface area contributed by atoms with Gasteiger partial charge in [-0.1, -0.05) is 12.1 Å². The van der Waals surface area contributed by atoms with Gasteiger partial charge in [-0.05, 0) is 52.0 Å². The maximum Gasteiger partial charge on any atom is 0.338 e. The molecule has 1 aliphatic heterocycles. The Morgan fingerprint density at radius 1 is 1.33 bits per heavy atom. The van der Waals surface area contributed by atoms with Crippen molar-refractivity contribution >= 4 is 11.7 Å². The highest BCUT2D eigenvalue weighted by Gasteiger charge is 2.20. The van der Waals surface area contributed by atoms with Crippen molar-refractivity contribution in [2.75, 3.05) is 6.54 Å². The van der Waals surface area contributed by atoms with Crippen LogP contribution in [-0.2, 0) is 4.74 Å². The van der Waals surface area contributed by atoms with Crippen LogP contribution in [0.25, 0.3) is 5.70 Å². The maximum atomic E-state index is 12.1. The molecule has 21 heavy (non-hydrogen) atoms. The zero-order valence-electron chi connectivity index (χ0n) is 12.9. The smallest absolute Gasteiger partial charge is 0.338 e. The molecule has 1 unspecified atom stereocenters. The van der Waals surface area contributed by atoms with Crippen LogP contribution in [0.15, 0.2) is 42.0 Å². The minimum atomic E-state index is -0.536. The Bertz CT molecular complexity index is 609. The number of hydrogen-bond donors (Lipinski definition) is 1. The van der Waals surface area contributed by atoms with Gasteiger partial charge < -0.3 is 15.0 Å². The Kier molecular flexibility index (Phi) is 4.30. The van der Waals surface area contributed by atoms with Gasteiger partial charge in [0.15, 0.2) is 0 Å². The van der Waals surface area contributed by atoms with E-state index in [0.717, 1.165) is 11.1 Å². The van der Waals surface area contributed by atoms with Crippen LogP contribution < -0.4 is 5.06 Å². The Labute approximate surface area is 125 Å². The first kappa shape index (κ1) is 15.5. The van der Waals surface area contributed by atoms with Gasteiger partial charge in [0.2, 0.25) is 0 Å². The van der Waals surface area contributed by atoms with Gasteiger partial charge in [-0.2, -0.15) is 0 Å². The number of carbonyl (C=O) groups is 1. The average Bonchev–Trinajstić information content (AvgIpc) is 2.37. The number of nitrogens with one attached hydrogen (secondary N) is 1. The summed E-state index contributed by atoms with van der Waals surface area (Å²) in [6, 6.07) is 7.06. The molecule has 112 valence electrons. The quantitative estimate of drug-likeness (QED) is 0.671. The van der Waals surface area contributed by atoms with Crippen molar-refractivity contribution in [3.05, 3.63) is 58.3 Å². The molecular formula is C17H21NO3. The van der Waals surface area contributed by atoms with Crippen LogP contribution >= 0.6 is 0 Å². The van der Waals surface area contributed by atoms with Crippen LogP contribution in [0.2, 0.25) is 0 Å². The van der Waals surface area contributed by atoms with Gasteiger partial charge in [-0.3, -0.25) is 0 Å². The summed E-state index contributed by atoms with van der Waals surface area (Å²) < 4.78 is 5.37. The molecule has 0 fully saturated rings. The third-order valence-corrected chi connectivity index (χ3v) is 3.13. The van der Waals surface area contributed by atoms with E-state index in [9.17, 15) is 10.0 Å². The Morgan fingerprint density at radius 2 is 2.05 bits per heavy atom. The minimum Gasteiger partial charge on any atom is -0.629 e. The molecule has 0 aliphatic carbocycles. The number of hydroxylamine groups is 2. The number of ether oxygens (including phenoxy) is 1. The molecule has 2 rings (SSSR count). The second kappa shape index (κ2) is 5.84. The zero-order chi connectivity index (χ0) is 15.6. The number of esters is 1. The topological polar surface area (TPSA) is 53.8 Å². The summed E-state index contributed by atoms with van der Waals surface area (Å²) in [7, 11) is 0. The van der Waals surface area contributed by atoms with Crippen LogP contribution in [0.4, 0.5) is 0 Å². The largest absolute Gasteiger partial charge is 0.629 e. The highest BCUT2D eigenvalue weighted by Crippen LogP contribution is 2.19. The lowest BCUT2D eigenvalue weighted by molar-refractivity contribution is -0.762. The molecule has 1 N–H and O–H groups in total. The van der Waals surface area contributed by atoms with E-state index in [1.807, 2.05) is 45.9 Å². The fourth-order valence-corrected chi connectivity index (χ4v) is 2.28. The summed E-state index contributed by atoms with van der Waals surface area (Å²) in [6.07, 6.45) is 3.80. The van der Waals surface area contributed by atoms with E-state index < -0.39 is 5.60 Å². The summed E-state index contributed by atoms with van der Waals surface area (Å²) in [5.41, 5.74) is 2.30. The number of rotatable bonds is 2. The molecule has 0 saturated heterocycles. The van der Waals surface area contributed by atoms with Gasteiger partial charge in [-0.25, -0.2) is 4.79 Å². The first-order chi connectivity index (χ1) is 9.78. The molecule has 1 atom stereocenters. The molecule has 1 aliphatic rings. The van der Waals surface area contributed by atoms with Crippen molar-refractivity contribution in [3.8, 4) is 0 Å². The monoisotopic (exact) mass is 287 g/mol. The van der Waals surface area contributed by atoms with Gasteiger partial charge in [0.05, 0.1) is 5.56 Å². The summed E-state index contributed by atoms with van der Waals surface area (Å²) in [6.45, 7) is 7.80. The van der Waals surface area contributed by atoms with Crippen LogP contribution in [0.3, 0.4) is 0 Å². The van der Waals surface area contributed by atoms with Crippen LogP contribution in [0.5, 0.6) is 0 Å². The zero-order valence-corrected chi connectivity index (χ0v) is 12.9. The van der Waals surface area contributed by atoms with Gasteiger partial charge in [0, 0.05) is 11.1 Å². The van der Waals surface area contributed by atoms with E-state index in [1.165, 1.54) is 0 Å². The molecule has 0 aromatic heterocycles. The van der Waals surface area contributed by atoms with E-state index in [0.29, 0.717) is 17.8 Å². The van der Waals surface area contributed by atoms with Crippen molar-refractivity contribution in [3.63, 3.8) is 0 Å². The van der Waals surface area contributed by atoms with Gasteiger partial charge in [0.25, 0.3) is 0 Å². The van der Waals surface area contributed by atoms with Crippen molar-refractivity contribution < 1.29 is 14.6 Å². The molecule has 1 aromatic rings. The predicted octanol–water partition coefficient (Wildman–Crippen LogP) is 2.33. The van der Waals surface area contributed by atoms with Gasteiger partial charge >= 0.3 is 5.97 Å². The Hall–Kier alpha value is -1.91. The van der Waals surface area contributed by atoms with E-state index in [-0.39, 0.29) is 11.0 Å². The highest BCUT2D eigenvalue weighted by molar-refractivity contribution is 5.90. The highest BCUT2D eigenvalue weighted by atomic mass is 16.6. The molecule has 0 radical (unpaired) electrons. The average molecular weight is 287 g/mol. The number of allylic oxidation sites excluding steroid dienone is 2. The standard InChI is InChI=1S/C17H21NO3/c1-12-7-6-10-18(20)15(12)13-8-5-9-14(11-13)16(19)21-17(2,3)4/h5-9,11,18H,10H2,1-4H3. The second-order valence-corrected chi connectivity index (χ2v) is 6.17. The molecule has 0 bridgehead atoms. The van der Waals surface area contributed by atoms with Crippen LogP contribution in [-0.4, -0.2) is 18.1 Å². The Morgan fingerprint density at radius 3 is 2.67 bits per heavy atom. The first-order valence-electron chi connectivity index (χ1n) is 7.02. The first-order valence-corrected chi connectivity index (χ1v) is 7.02. The molecule has 4 heteroatoms.